The van der Waals surface area contributed by atoms with Crippen molar-refractivity contribution in [3.63, 3.8) is 0 Å². The van der Waals surface area contributed by atoms with Gasteiger partial charge in [-0.25, -0.2) is 4.79 Å². The predicted octanol–water partition coefficient (Wildman–Crippen LogP) is 1.07. The van der Waals surface area contributed by atoms with Crippen LogP contribution in [-0.4, -0.2) is 124 Å². The molecule has 10 N–H and O–H groups in total. The van der Waals surface area contributed by atoms with Crippen molar-refractivity contribution in [1.29, 1.82) is 0 Å². The van der Waals surface area contributed by atoms with Crippen molar-refractivity contribution in [1.82, 2.24) is 42.1 Å². The van der Waals surface area contributed by atoms with E-state index in [1.54, 1.807) is 6.92 Å². The van der Waals surface area contributed by atoms with Crippen LogP contribution in [0.2, 0.25) is 0 Å². The van der Waals surface area contributed by atoms with E-state index in [0.29, 0.717) is 19.3 Å². The average molecular weight is 894 g/mol. The molecule has 1 aliphatic rings. The predicted molar refractivity (Wildman–Crippen MR) is 238 cm³/mol. The number of aliphatic carboxylic acids is 1. The van der Waals surface area contributed by atoms with Gasteiger partial charge in [0, 0.05) is 6.54 Å². The summed E-state index contributed by atoms with van der Waals surface area (Å²) in [5.41, 5.74) is 5.72. The molecule has 0 aromatic rings. The Balaban J connectivity index is 3.18. The Morgan fingerprint density at radius 1 is 0.540 bits per heavy atom. The number of rotatable bonds is 26. The van der Waals surface area contributed by atoms with Gasteiger partial charge in [0.15, 0.2) is 0 Å². The van der Waals surface area contributed by atoms with Crippen molar-refractivity contribution in [2.24, 2.45) is 35.3 Å². The Hall–Kier alpha value is -4.81. The van der Waals surface area contributed by atoms with Crippen molar-refractivity contribution in [3.8, 4) is 0 Å². The highest BCUT2D eigenvalue weighted by molar-refractivity contribution is 5.98. The van der Waals surface area contributed by atoms with Crippen LogP contribution < -0.4 is 43.0 Å². The Labute approximate surface area is 374 Å². The molecule has 63 heavy (non-hydrogen) atoms. The van der Waals surface area contributed by atoms with Gasteiger partial charge >= 0.3 is 5.97 Å². The van der Waals surface area contributed by atoms with Crippen LogP contribution in [0.25, 0.3) is 0 Å². The van der Waals surface area contributed by atoms with Crippen molar-refractivity contribution >= 4 is 53.2 Å². The van der Waals surface area contributed by atoms with Gasteiger partial charge in [0.25, 0.3) is 0 Å². The van der Waals surface area contributed by atoms with Gasteiger partial charge in [-0.05, 0) is 88.9 Å². The molecule has 0 unspecified atom stereocenters. The van der Waals surface area contributed by atoms with E-state index in [2.05, 4.69) is 37.2 Å². The smallest absolute Gasteiger partial charge is 0.326 e. The summed E-state index contributed by atoms with van der Waals surface area (Å²) in [4.78, 5) is 121. The summed E-state index contributed by atoms with van der Waals surface area (Å²) in [5, 5.41) is 28.2. The van der Waals surface area contributed by atoms with Crippen LogP contribution in [0.15, 0.2) is 0 Å². The number of carbonyl (C=O) groups excluding carboxylic acids is 8. The summed E-state index contributed by atoms with van der Waals surface area (Å²) in [6.45, 7) is 23.1. The lowest BCUT2D eigenvalue weighted by Gasteiger charge is -2.31. The van der Waals surface area contributed by atoms with Gasteiger partial charge in [-0.15, -0.1) is 0 Å². The number of hydrogen-bond donors (Lipinski definition) is 9. The zero-order chi connectivity index (χ0) is 48.5. The first kappa shape index (κ1) is 56.2. The molecule has 19 heteroatoms. The maximum absolute atomic E-state index is 14.2. The Bertz CT molecular complexity index is 1590. The van der Waals surface area contributed by atoms with Crippen LogP contribution in [0.1, 0.15) is 135 Å². The maximum Gasteiger partial charge on any atom is 0.326 e. The molecule has 0 saturated carbocycles. The van der Waals surface area contributed by atoms with E-state index in [4.69, 9.17) is 5.73 Å². The van der Waals surface area contributed by atoms with E-state index >= 15 is 0 Å². The molecule has 0 aromatic heterocycles. The minimum atomic E-state index is -1.19. The fourth-order valence-corrected chi connectivity index (χ4v) is 7.16. The Morgan fingerprint density at radius 3 is 1.41 bits per heavy atom. The van der Waals surface area contributed by atoms with Crippen LogP contribution in [0.3, 0.4) is 0 Å². The minimum Gasteiger partial charge on any atom is -0.480 e. The molecule has 360 valence electrons. The normalized spacial score (nSPS) is 18.3. The molecule has 1 aliphatic heterocycles. The van der Waals surface area contributed by atoms with Gasteiger partial charge in [-0.1, -0.05) is 75.7 Å². The second-order valence-corrected chi connectivity index (χ2v) is 18.9. The zero-order valence-corrected chi connectivity index (χ0v) is 39.9. The van der Waals surface area contributed by atoms with E-state index in [-0.39, 0.29) is 61.8 Å². The molecule has 0 aliphatic carbocycles. The molecule has 1 fully saturated rings. The summed E-state index contributed by atoms with van der Waals surface area (Å²) in [6.07, 6.45) is 2.18. The van der Waals surface area contributed by atoms with Gasteiger partial charge in [0.2, 0.25) is 47.3 Å². The third-order valence-electron chi connectivity index (χ3n) is 10.9. The minimum absolute atomic E-state index is 0.00477. The topological polar surface area (TPSA) is 287 Å². The molecule has 1 saturated heterocycles. The molecule has 0 aromatic carbocycles. The number of nitrogens with zero attached hydrogens (tertiary/aromatic N) is 1. The van der Waals surface area contributed by atoms with Crippen LogP contribution in [0.4, 0.5) is 0 Å². The molecule has 10 atom stereocenters. The van der Waals surface area contributed by atoms with Gasteiger partial charge in [0.05, 0.1) is 6.04 Å². The highest BCUT2D eigenvalue weighted by Gasteiger charge is 2.40. The third-order valence-corrected chi connectivity index (χ3v) is 10.9. The van der Waals surface area contributed by atoms with Crippen molar-refractivity contribution in [2.75, 3.05) is 6.54 Å². The number of carboxylic acids is 1. The van der Waals surface area contributed by atoms with E-state index in [0.717, 1.165) is 0 Å². The second-order valence-electron chi connectivity index (χ2n) is 18.9. The fourth-order valence-electron chi connectivity index (χ4n) is 7.16. The number of carbonyl (C=O) groups is 9. The molecule has 0 radical (unpaired) electrons. The van der Waals surface area contributed by atoms with E-state index in [1.165, 1.54) is 25.7 Å². The maximum atomic E-state index is 14.2. The lowest BCUT2D eigenvalue weighted by molar-refractivity contribution is -0.144. The molecule has 8 amide bonds. The number of nitrogens with one attached hydrogen (secondary N) is 7. The lowest BCUT2D eigenvalue weighted by Crippen LogP contribution is -2.60. The van der Waals surface area contributed by atoms with Crippen molar-refractivity contribution in [2.45, 2.75) is 189 Å². The zero-order valence-electron chi connectivity index (χ0n) is 39.9. The number of likely N-dealkylation sites (tertiary alicyclic amines) is 1. The van der Waals surface area contributed by atoms with E-state index in [1.807, 2.05) is 62.3 Å². The van der Waals surface area contributed by atoms with Gasteiger partial charge in [0.1, 0.15) is 48.3 Å². The first-order valence-corrected chi connectivity index (χ1v) is 22.6. The number of hydrogen-bond acceptors (Lipinski definition) is 10. The molecule has 1 heterocycles. The average Bonchev–Trinajstić information content (AvgIpc) is 3.67. The summed E-state index contributed by atoms with van der Waals surface area (Å²) in [5.74, 6) is -6.48. The van der Waals surface area contributed by atoms with E-state index < -0.39 is 108 Å². The number of nitrogens with two attached hydrogens (primary N) is 1. The van der Waals surface area contributed by atoms with Gasteiger partial charge in [-0.2, -0.15) is 0 Å². The molecule has 0 bridgehead atoms. The van der Waals surface area contributed by atoms with E-state index in [9.17, 15) is 48.3 Å². The summed E-state index contributed by atoms with van der Waals surface area (Å²) < 4.78 is 0. The van der Waals surface area contributed by atoms with Crippen LogP contribution in [0, 0.1) is 29.6 Å². The Kier molecular flexibility index (Phi) is 23.8. The van der Waals surface area contributed by atoms with Crippen LogP contribution in [-0.2, 0) is 43.2 Å². The molecule has 1 rings (SSSR count). The number of amides is 8. The fraction of sp³-hybridized carbons (Fsp3) is 0.795. The molecule has 0 spiro atoms. The molecular weight excluding hydrogens is 815 g/mol. The molecule has 19 nitrogen and oxygen atoms in total. The highest BCUT2D eigenvalue weighted by atomic mass is 16.4. The van der Waals surface area contributed by atoms with Crippen molar-refractivity contribution in [3.05, 3.63) is 0 Å². The summed E-state index contributed by atoms with van der Waals surface area (Å²) in [6, 6.07) is -9.37. The second kappa shape index (κ2) is 26.7. The highest BCUT2D eigenvalue weighted by Crippen LogP contribution is 2.21. The first-order valence-electron chi connectivity index (χ1n) is 22.6. The summed E-state index contributed by atoms with van der Waals surface area (Å²) in [7, 11) is 0. The van der Waals surface area contributed by atoms with Crippen LogP contribution >= 0.6 is 0 Å². The third kappa shape index (κ3) is 19.2. The standard InChI is InChI=1S/C44H79N9O10/c1-14-26(10)35(52-36(54)27(11)45)42(60)49-30(18-22(2)3)39(57)46-28(12)37(55)48-31(19-23(4)5)40(58)50-32(20-24(6)7)43(61)53-17-15-16-34(53)41(59)47-29(13)38(56)51-33(44(62)63)21-25(8)9/h22-35H,14-21,45H2,1-13H3,(H,46,57)(H,47,59)(H,48,55)(H,49,60)(H,50,58)(H,51,56)(H,52,54)(H,62,63)/t26-,27-,28-,29-,30-,31-,32-,33-,34-,35-/m0/s1. The number of carboxylic acid groups (broad SMARTS) is 1. The monoisotopic (exact) mass is 894 g/mol. The SMILES string of the molecule is CC[C@H](C)[C@H](NC(=O)[C@H](C)N)C(=O)N[C@@H](CC(C)C)C(=O)N[C@@H](C)C(=O)N[C@@H](CC(C)C)C(=O)N[C@@H](CC(C)C)C(=O)N1CCC[C@H]1C(=O)N[C@@H](C)C(=O)N[C@@H](CC(C)C)C(=O)O. The quantitative estimate of drug-likeness (QED) is 0.0592. The first-order chi connectivity index (χ1) is 29.2. The van der Waals surface area contributed by atoms with Crippen molar-refractivity contribution < 1.29 is 48.3 Å². The van der Waals surface area contributed by atoms with Crippen LogP contribution in [0.5, 0.6) is 0 Å². The molecular formula is C44H79N9O10. The Morgan fingerprint density at radius 2 is 0.952 bits per heavy atom. The lowest BCUT2D eigenvalue weighted by atomic mass is 9.96. The largest absolute Gasteiger partial charge is 0.480 e. The van der Waals surface area contributed by atoms with Gasteiger partial charge < -0.3 is 53.0 Å². The van der Waals surface area contributed by atoms with Gasteiger partial charge in [-0.3, -0.25) is 38.4 Å². The summed E-state index contributed by atoms with van der Waals surface area (Å²) >= 11 is 0.